The number of hydrogen-bond donors (Lipinski definition) is 2. The van der Waals surface area contributed by atoms with Crippen molar-refractivity contribution >= 4 is 11.8 Å². The maximum Gasteiger partial charge on any atom is 0.296 e. The van der Waals surface area contributed by atoms with Gasteiger partial charge in [0.2, 0.25) is 11.8 Å². The summed E-state index contributed by atoms with van der Waals surface area (Å²) in [5.74, 6) is -0.0947. The van der Waals surface area contributed by atoms with E-state index in [-0.39, 0.29) is 23.7 Å². The number of rotatable bonds is 2. The molecule has 0 aliphatic carbocycles. The van der Waals surface area contributed by atoms with Crippen molar-refractivity contribution in [3.05, 3.63) is 11.7 Å². The number of hydrogen-bond acceptors (Lipinski definition) is 6. The van der Waals surface area contributed by atoms with Gasteiger partial charge in [0.25, 0.3) is 11.7 Å². The Morgan fingerprint density at radius 1 is 1.43 bits per heavy atom. The van der Waals surface area contributed by atoms with Crippen LogP contribution < -0.4 is 10.6 Å². The highest BCUT2D eigenvalue weighted by Gasteiger charge is 2.42. The van der Waals surface area contributed by atoms with Gasteiger partial charge in [-0.2, -0.15) is 4.98 Å². The molecule has 2 N–H and O–H groups in total. The van der Waals surface area contributed by atoms with Crippen LogP contribution in [0.3, 0.4) is 0 Å². The topological polar surface area (TPSA) is 100 Å². The van der Waals surface area contributed by atoms with E-state index in [4.69, 9.17) is 4.52 Å². The zero-order chi connectivity index (χ0) is 15.0. The molecule has 1 atom stereocenters. The van der Waals surface area contributed by atoms with E-state index >= 15 is 0 Å². The number of nitrogens with zero attached hydrogens (tertiary/aromatic N) is 3. The van der Waals surface area contributed by atoms with Crippen LogP contribution in [0.15, 0.2) is 4.52 Å². The maximum absolute atomic E-state index is 12.5. The highest BCUT2D eigenvalue weighted by atomic mass is 16.5. The summed E-state index contributed by atoms with van der Waals surface area (Å²) in [6, 6.07) is 0.0247. The lowest BCUT2D eigenvalue weighted by Gasteiger charge is -2.40. The Morgan fingerprint density at radius 2 is 2.24 bits per heavy atom. The van der Waals surface area contributed by atoms with Crippen LogP contribution in [0, 0.1) is 0 Å². The Balaban J connectivity index is 1.80. The monoisotopic (exact) mass is 293 g/mol. The van der Waals surface area contributed by atoms with Crippen molar-refractivity contribution in [3.8, 4) is 0 Å². The fourth-order valence-electron chi connectivity index (χ4n) is 2.73. The van der Waals surface area contributed by atoms with E-state index in [0.29, 0.717) is 19.0 Å². The van der Waals surface area contributed by atoms with Gasteiger partial charge in [0, 0.05) is 13.1 Å². The van der Waals surface area contributed by atoms with Crippen LogP contribution in [-0.2, 0) is 4.79 Å². The van der Waals surface area contributed by atoms with Gasteiger partial charge in [-0.25, -0.2) is 0 Å². The molecule has 0 radical (unpaired) electrons. The Morgan fingerprint density at radius 3 is 2.95 bits per heavy atom. The van der Waals surface area contributed by atoms with E-state index in [0.717, 1.165) is 19.4 Å². The fraction of sp³-hybridized carbons (Fsp3) is 0.692. The maximum atomic E-state index is 12.5. The average Bonchev–Trinajstić information content (AvgIpc) is 3.10. The molecule has 8 heteroatoms. The Labute approximate surface area is 122 Å². The fourth-order valence-corrected chi connectivity index (χ4v) is 2.73. The number of aromatic nitrogens is 2. The van der Waals surface area contributed by atoms with E-state index < -0.39 is 5.54 Å². The molecule has 2 aliphatic rings. The molecule has 2 amide bonds. The molecule has 2 fully saturated rings. The second-order valence-electron chi connectivity index (χ2n) is 5.88. The Bertz CT molecular complexity index is 562. The van der Waals surface area contributed by atoms with Crippen LogP contribution in [0.25, 0.3) is 0 Å². The summed E-state index contributed by atoms with van der Waals surface area (Å²) in [6.45, 7) is 5.19. The highest BCUT2D eigenvalue weighted by molar-refractivity contribution is 5.97. The van der Waals surface area contributed by atoms with E-state index in [1.165, 1.54) is 4.90 Å². The van der Waals surface area contributed by atoms with Crippen molar-refractivity contribution in [1.29, 1.82) is 0 Å². The third-order valence-corrected chi connectivity index (χ3v) is 4.09. The molecule has 8 nitrogen and oxygen atoms in total. The molecule has 114 valence electrons. The number of carbonyl (C=O) groups excluding carboxylic acids is 2. The summed E-state index contributed by atoms with van der Waals surface area (Å²) in [7, 11) is 0. The molecule has 21 heavy (non-hydrogen) atoms. The molecule has 3 rings (SSSR count). The quantitative estimate of drug-likeness (QED) is 0.786. The normalized spacial score (nSPS) is 25.0. The lowest BCUT2D eigenvalue weighted by atomic mass is 9.99. The van der Waals surface area contributed by atoms with E-state index in [9.17, 15) is 9.59 Å². The number of piperazine rings is 1. The van der Waals surface area contributed by atoms with Gasteiger partial charge in [0.05, 0.1) is 6.04 Å². The van der Waals surface area contributed by atoms with Crippen LogP contribution in [0.4, 0.5) is 0 Å². The average molecular weight is 293 g/mol. The van der Waals surface area contributed by atoms with Crippen molar-refractivity contribution in [3.63, 3.8) is 0 Å². The zero-order valence-corrected chi connectivity index (χ0v) is 12.2. The SMILES string of the molecule is CC1(C)C(=O)NCCN1C(=O)c1noc(C2CCCN2)n1. The summed E-state index contributed by atoms with van der Waals surface area (Å²) < 4.78 is 5.18. The summed E-state index contributed by atoms with van der Waals surface area (Å²) in [4.78, 5) is 30.1. The van der Waals surface area contributed by atoms with Crippen LogP contribution in [0.2, 0.25) is 0 Å². The lowest BCUT2D eigenvalue weighted by Crippen LogP contribution is -2.63. The molecule has 3 heterocycles. The number of nitrogens with one attached hydrogen (secondary N) is 2. The molecule has 0 bridgehead atoms. The number of amides is 2. The second-order valence-corrected chi connectivity index (χ2v) is 5.88. The van der Waals surface area contributed by atoms with Crippen molar-refractivity contribution in [1.82, 2.24) is 25.7 Å². The number of carbonyl (C=O) groups is 2. The minimum Gasteiger partial charge on any atom is -0.352 e. The first kappa shape index (κ1) is 14.0. The summed E-state index contributed by atoms with van der Waals surface area (Å²) >= 11 is 0. The third-order valence-electron chi connectivity index (χ3n) is 4.09. The Kier molecular flexibility index (Phi) is 3.40. The van der Waals surface area contributed by atoms with Crippen molar-refractivity contribution < 1.29 is 14.1 Å². The molecular weight excluding hydrogens is 274 g/mol. The highest BCUT2D eigenvalue weighted by Crippen LogP contribution is 2.23. The molecule has 0 saturated carbocycles. The van der Waals surface area contributed by atoms with Gasteiger partial charge in [0.1, 0.15) is 5.54 Å². The van der Waals surface area contributed by atoms with Gasteiger partial charge in [0.15, 0.2) is 0 Å². The van der Waals surface area contributed by atoms with Gasteiger partial charge >= 0.3 is 0 Å². The predicted molar refractivity (Wildman–Crippen MR) is 72.4 cm³/mol. The largest absolute Gasteiger partial charge is 0.352 e. The zero-order valence-electron chi connectivity index (χ0n) is 12.2. The van der Waals surface area contributed by atoms with Gasteiger partial charge in [-0.3, -0.25) is 9.59 Å². The molecule has 0 spiro atoms. The van der Waals surface area contributed by atoms with Gasteiger partial charge < -0.3 is 20.1 Å². The molecule has 1 aromatic rings. The first-order chi connectivity index (χ1) is 10.00. The second kappa shape index (κ2) is 5.10. The molecule has 1 unspecified atom stereocenters. The summed E-state index contributed by atoms with van der Waals surface area (Å²) in [6.07, 6.45) is 1.98. The Hall–Kier alpha value is -1.96. The third kappa shape index (κ3) is 2.39. The molecule has 1 aromatic heterocycles. The predicted octanol–water partition coefficient (Wildman–Crippen LogP) is -0.155. The van der Waals surface area contributed by atoms with E-state index in [2.05, 4.69) is 20.8 Å². The van der Waals surface area contributed by atoms with Crippen molar-refractivity contribution in [2.24, 2.45) is 0 Å². The lowest BCUT2D eigenvalue weighted by molar-refractivity contribution is -0.133. The van der Waals surface area contributed by atoms with Crippen molar-refractivity contribution in [2.75, 3.05) is 19.6 Å². The first-order valence-corrected chi connectivity index (χ1v) is 7.17. The van der Waals surface area contributed by atoms with E-state index in [1.54, 1.807) is 13.8 Å². The standard InChI is InChI=1S/C13H19N5O3/c1-13(2)12(20)15-6-7-18(13)11(19)9-16-10(21-17-9)8-4-3-5-14-8/h8,14H,3-7H2,1-2H3,(H,15,20). The summed E-state index contributed by atoms with van der Waals surface area (Å²) in [5, 5.41) is 9.77. The van der Waals surface area contributed by atoms with Gasteiger partial charge in [-0.15, -0.1) is 0 Å². The van der Waals surface area contributed by atoms with Crippen LogP contribution in [0.5, 0.6) is 0 Å². The summed E-state index contributed by atoms with van der Waals surface area (Å²) in [5.41, 5.74) is -0.915. The molecule has 2 saturated heterocycles. The van der Waals surface area contributed by atoms with Gasteiger partial charge in [-0.05, 0) is 33.2 Å². The van der Waals surface area contributed by atoms with Crippen molar-refractivity contribution in [2.45, 2.75) is 38.3 Å². The van der Waals surface area contributed by atoms with E-state index in [1.807, 2.05) is 0 Å². The van der Waals surface area contributed by atoms with Crippen LogP contribution >= 0.6 is 0 Å². The molecule has 2 aliphatic heterocycles. The molecular formula is C13H19N5O3. The molecule has 0 aromatic carbocycles. The smallest absolute Gasteiger partial charge is 0.296 e. The minimum absolute atomic E-state index is 0.0153. The minimum atomic E-state index is -0.915. The first-order valence-electron chi connectivity index (χ1n) is 7.17. The van der Waals surface area contributed by atoms with Crippen LogP contribution in [-0.4, -0.2) is 52.0 Å². The van der Waals surface area contributed by atoms with Crippen LogP contribution in [0.1, 0.15) is 49.2 Å². The van der Waals surface area contributed by atoms with Gasteiger partial charge in [-0.1, -0.05) is 5.16 Å².